The van der Waals surface area contributed by atoms with E-state index in [1.165, 1.54) is 0 Å². The average Bonchev–Trinajstić information content (AvgIpc) is 2.21. The van der Waals surface area contributed by atoms with Gasteiger partial charge in [-0.3, -0.25) is 4.79 Å². The zero-order valence-corrected chi connectivity index (χ0v) is 9.25. The van der Waals surface area contributed by atoms with Crippen molar-refractivity contribution in [2.24, 2.45) is 0 Å². The van der Waals surface area contributed by atoms with Gasteiger partial charge in [-0.1, -0.05) is 0 Å². The van der Waals surface area contributed by atoms with Gasteiger partial charge in [0.25, 0.3) is 0 Å². The lowest BCUT2D eigenvalue weighted by Crippen LogP contribution is -2.38. The number of hydrogen-bond donors (Lipinski definition) is 1. The van der Waals surface area contributed by atoms with Gasteiger partial charge in [0.2, 0.25) is 5.91 Å². The molecule has 0 aromatic rings. The smallest absolute Gasteiger partial charge is 0.225 e. The summed E-state index contributed by atoms with van der Waals surface area (Å²) in [4.78, 5) is 13.6. The van der Waals surface area contributed by atoms with E-state index in [-0.39, 0.29) is 18.1 Å². The van der Waals surface area contributed by atoms with Crippen molar-refractivity contribution in [2.75, 3.05) is 26.7 Å². The summed E-state index contributed by atoms with van der Waals surface area (Å²) >= 11 is 0. The van der Waals surface area contributed by atoms with E-state index < -0.39 is 0 Å². The van der Waals surface area contributed by atoms with Crippen LogP contribution in [0.3, 0.4) is 0 Å². The first-order chi connectivity index (χ1) is 6.63. The Morgan fingerprint density at radius 2 is 2.21 bits per heavy atom. The summed E-state index contributed by atoms with van der Waals surface area (Å²) in [5.74, 6) is 0.206. The largest absolute Gasteiger partial charge is 0.373 e. The van der Waals surface area contributed by atoms with Crippen LogP contribution in [-0.4, -0.2) is 49.7 Å². The molecule has 1 rings (SSSR count). The van der Waals surface area contributed by atoms with Gasteiger partial charge >= 0.3 is 0 Å². The molecular formula is C10H20N2O2. The van der Waals surface area contributed by atoms with Gasteiger partial charge in [0.15, 0.2) is 0 Å². The van der Waals surface area contributed by atoms with Crippen molar-refractivity contribution in [3.05, 3.63) is 0 Å². The number of ether oxygens (including phenoxy) is 1. The Labute approximate surface area is 85.6 Å². The maximum atomic E-state index is 11.7. The fourth-order valence-electron chi connectivity index (χ4n) is 1.74. The van der Waals surface area contributed by atoms with Gasteiger partial charge in [-0.05, 0) is 20.9 Å². The number of amides is 1. The van der Waals surface area contributed by atoms with Gasteiger partial charge in [-0.25, -0.2) is 0 Å². The number of rotatable bonds is 3. The van der Waals surface area contributed by atoms with E-state index in [0.29, 0.717) is 13.0 Å². The Hall–Kier alpha value is -0.610. The molecule has 1 aliphatic rings. The minimum Gasteiger partial charge on any atom is -0.373 e. The summed E-state index contributed by atoms with van der Waals surface area (Å²) in [5, 5.41) is 3.05. The number of likely N-dealkylation sites (N-methyl/N-ethyl adjacent to an activating group) is 1. The summed E-state index contributed by atoms with van der Waals surface area (Å²) in [7, 11) is 1.89. The predicted molar refractivity (Wildman–Crippen MR) is 55.1 cm³/mol. The minimum atomic E-state index is 0.0529. The summed E-state index contributed by atoms with van der Waals surface area (Å²) in [6, 6.07) is 0. The molecule has 4 nitrogen and oxygen atoms in total. The predicted octanol–water partition coefficient (Wildman–Crippen LogP) is 0.232. The van der Waals surface area contributed by atoms with Gasteiger partial charge in [0.1, 0.15) is 0 Å². The molecule has 82 valence electrons. The van der Waals surface area contributed by atoms with Crippen LogP contribution in [-0.2, 0) is 9.53 Å². The van der Waals surface area contributed by atoms with Gasteiger partial charge in [0.05, 0.1) is 18.6 Å². The van der Waals surface area contributed by atoms with Crippen molar-refractivity contribution in [2.45, 2.75) is 32.5 Å². The van der Waals surface area contributed by atoms with Crippen LogP contribution >= 0.6 is 0 Å². The van der Waals surface area contributed by atoms with Crippen molar-refractivity contribution in [3.63, 3.8) is 0 Å². The van der Waals surface area contributed by atoms with Crippen LogP contribution in [0.25, 0.3) is 0 Å². The first-order valence-electron chi connectivity index (χ1n) is 5.21. The van der Waals surface area contributed by atoms with E-state index in [1.807, 2.05) is 25.8 Å². The standard InChI is InChI=1S/C10H20N2O2/c1-8-6-10(13)12(5-4-11-3)7-9(2)14-8/h8-9,11H,4-7H2,1-3H3. The molecule has 0 spiro atoms. The molecule has 1 aliphatic heterocycles. The third-order valence-corrected chi connectivity index (χ3v) is 2.39. The number of nitrogens with zero attached hydrogens (tertiary/aromatic N) is 1. The highest BCUT2D eigenvalue weighted by Gasteiger charge is 2.24. The quantitative estimate of drug-likeness (QED) is 0.709. The summed E-state index contributed by atoms with van der Waals surface area (Å²) < 4.78 is 5.61. The van der Waals surface area contributed by atoms with E-state index in [0.717, 1.165) is 13.1 Å². The van der Waals surface area contributed by atoms with E-state index >= 15 is 0 Å². The Bertz CT molecular complexity index is 197. The minimum absolute atomic E-state index is 0.0529. The van der Waals surface area contributed by atoms with E-state index in [2.05, 4.69) is 5.32 Å². The fraction of sp³-hybridized carbons (Fsp3) is 0.900. The average molecular weight is 200 g/mol. The maximum Gasteiger partial charge on any atom is 0.225 e. The van der Waals surface area contributed by atoms with E-state index in [1.54, 1.807) is 0 Å². The van der Waals surface area contributed by atoms with E-state index in [9.17, 15) is 4.79 Å². The maximum absolute atomic E-state index is 11.7. The van der Waals surface area contributed by atoms with Crippen LogP contribution in [0.1, 0.15) is 20.3 Å². The number of carbonyl (C=O) groups excluding carboxylic acids is 1. The molecule has 0 bridgehead atoms. The first kappa shape index (κ1) is 11.5. The molecule has 0 aromatic heterocycles. The topological polar surface area (TPSA) is 41.6 Å². The summed E-state index contributed by atoms with van der Waals surface area (Å²) in [6.07, 6.45) is 0.707. The molecule has 1 saturated heterocycles. The molecule has 1 heterocycles. The molecule has 0 aliphatic carbocycles. The van der Waals surface area contributed by atoms with Gasteiger partial charge in [-0.2, -0.15) is 0 Å². The zero-order valence-electron chi connectivity index (χ0n) is 9.25. The monoisotopic (exact) mass is 200 g/mol. The van der Waals surface area contributed by atoms with Gasteiger partial charge in [-0.15, -0.1) is 0 Å². The molecule has 0 saturated carbocycles. The Morgan fingerprint density at radius 3 is 2.86 bits per heavy atom. The lowest BCUT2D eigenvalue weighted by molar-refractivity contribution is -0.131. The Balaban J connectivity index is 2.50. The van der Waals surface area contributed by atoms with Crippen molar-refractivity contribution in [1.29, 1.82) is 0 Å². The molecule has 2 atom stereocenters. The molecular weight excluding hydrogens is 180 g/mol. The molecule has 1 N–H and O–H groups in total. The lowest BCUT2D eigenvalue weighted by atomic mass is 10.2. The highest BCUT2D eigenvalue weighted by Crippen LogP contribution is 2.11. The van der Waals surface area contributed by atoms with Gasteiger partial charge in [0, 0.05) is 19.6 Å². The summed E-state index contributed by atoms with van der Waals surface area (Å²) in [6.45, 7) is 6.30. The van der Waals surface area contributed by atoms with Crippen LogP contribution in [0.5, 0.6) is 0 Å². The second-order valence-electron chi connectivity index (χ2n) is 3.90. The molecule has 14 heavy (non-hydrogen) atoms. The molecule has 0 radical (unpaired) electrons. The van der Waals surface area contributed by atoms with Crippen LogP contribution in [0.2, 0.25) is 0 Å². The summed E-state index contributed by atoms with van der Waals surface area (Å²) in [5.41, 5.74) is 0. The molecule has 0 aromatic carbocycles. The SMILES string of the molecule is CNCCN1CC(C)OC(C)CC1=O. The van der Waals surface area contributed by atoms with Crippen molar-refractivity contribution < 1.29 is 9.53 Å². The Morgan fingerprint density at radius 1 is 1.50 bits per heavy atom. The second kappa shape index (κ2) is 5.32. The first-order valence-corrected chi connectivity index (χ1v) is 5.21. The fourth-order valence-corrected chi connectivity index (χ4v) is 1.74. The second-order valence-corrected chi connectivity index (χ2v) is 3.90. The number of carbonyl (C=O) groups is 1. The molecule has 1 fully saturated rings. The van der Waals surface area contributed by atoms with Crippen LogP contribution in [0.4, 0.5) is 0 Å². The zero-order chi connectivity index (χ0) is 10.6. The van der Waals surface area contributed by atoms with Crippen LogP contribution < -0.4 is 5.32 Å². The highest BCUT2D eigenvalue weighted by molar-refractivity contribution is 5.76. The van der Waals surface area contributed by atoms with E-state index in [4.69, 9.17) is 4.74 Å². The highest BCUT2D eigenvalue weighted by atomic mass is 16.5. The third kappa shape index (κ3) is 3.27. The van der Waals surface area contributed by atoms with Crippen molar-refractivity contribution >= 4 is 5.91 Å². The molecule has 1 amide bonds. The normalized spacial score (nSPS) is 29.1. The van der Waals surface area contributed by atoms with Crippen molar-refractivity contribution in [3.8, 4) is 0 Å². The Kier molecular flexibility index (Phi) is 4.35. The molecule has 4 heteroatoms. The number of hydrogen-bond acceptors (Lipinski definition) is 3. The lowest BCUT2D eigenvalue weighted by Gasteiger charge is -2.21. The molecule has 2 unspecified atom stereocenters. The van der Waals surface area contributed by atoms with Crippen molar-refractivity contribution in [1.82, 2.24) is 10.2 Å². The van der Waals surface area contributed by atoms with Crippen LogP contribution in [0.15, 0.2) is 0 Å². The number of nitrogens with one attached hydrogen (secondary N) is 1. The third-order valence-electron chi connectivity index (χ3n) is 2.39. The van der Waals surface area contributed by atoms with Gasteiger partial charge < -0.3 is 15.0 Å². The van der Waals surface area contributed by atoms with Crippen LogP contribution in [0, 0.1) is 0 Å².